The van der Waals surface area contributed by atoms with E-state index in [0.717, 1.165) is 24.3 Å². The first kappa shape index (κ1) is 15.9. The summed E-state index contributed by atoms with van der Waals surface area (Å²) in [7, 11) is 0. The molecule has 0 N–H and O–H groups in total. The van der Waals surface area contributed by atoms with Crippen LogP contribution in [0.5, 0.6) is 0 Å². The molecule has 0 aliphatic carbocycles. The maximum atomic E-state index is 12.5. The molecule has 0 radical (unpaired) electrons. The Kier molecular flexibility index (Phi) is 4.59. The molecule has 0 aliphatic rings. The van der Waals surface area contributed by atoms with Crippen LogP contribution in [0.25, 0.3) is 0 Å². The van der Waals surface area contributed by atoms with Gasteiger partial charge in [-0.25, -0.2) is 0 Å². The number of benzene rings is 2. The molecule has 0 saturated heterocycles. The third kappa shape index (κ3) is 3.77. The molecule has 0 atom stereocenters. The topological polar surface area (TPSA) is 17.1 Å². The maximum absolute atomic E-state index is 12.5. The Hall–Kier alpha value is -1.52. The predicted molar refractivity (Wildman–Crippen MR) is 75.9 cm³/mol. The largest absolute Gasteiger partial charge is 0.416 e. The molecular weight excluding hydrogens is 324 g/mol. The second kappa shape index (κ2) is 6.08. The van der Waals surface area contributed by atoms with Gasteiger partial charge < -0.3 is 0 Å². The van der Waals surface area contributed by atoms with Crippen molar-refractivity contribution in [2.75, 3.05) is 0 Å². The Bertz CT molecular complexity index is 643. The van der Waals surface area contributed by atoms with Crippen LogP contribution in [0, 0.1) is 0 Å². The molecule has 0 aliphatic heterocycles. The van der Waals surface area contributed by atoms with E-state index in [0.29, 0.717) is 15.6 Å². The molecule has 0 aromatic heterocycles. The fourth-order valence-electron chi connectivity index (χ4n) is 1.81. The lowest BCUT2D eigenvalue weighted by molar-refractivity contribution is -0.137. The van der Waals surface area contributed by atoms with Gasteiger partial charge in [0.25, 0.3) is 0 Å². The summed E-state index contributed by atoms with van der Waals surface area (Å²) in [4.78, 5) is 12.1. The number of rotatable bonds is 3. The minimum atomic E-state index is -4.42. The van der Waals surface area contributed by atoms with Crippen molar-refractivity contribution in [3.05, 3.63) is 69.2 Å². The van der Waals surface area contributed by atoms with Crippen LogP contribution in [0.15, 0.2) is 42.5 Å². The number of hydrogen-bond donors (Lipinski definition) is 0. The monoisotopic (exact) mass is 332 g/mol. The summed E-state index contributed by atoms with van der Waals surface area (Å²) >= 11 is 11.9. The van der Waals surface area contributed by atoms with E-state index in [1.165, 1.54) is 0 Å². The van der Waals surface area contributed by atoms with Crippen LogP contribution in [0.4, 0.5) is 13.2 Å². The molecule has 1 nitrogen and oxygen atoms in total. The molecule has 0 fully saturated rings. The number of carbonyl (C=O) groups is 1. The van der Waals surface area contributed by atoms with Gasteiger partial charge in [-0.05, 0) is 29.8 Å². The summed E-state index contributed by atoms with van der Waals surface area (Å²) in [6.07, 6.45) is -4.49. The average molecular weight is 333 g/mol. The summed E-state index contributed by atoms with van der Waals surface area (Å²) in [5.74, 6) is -0.348. The maximum Gasteiger partial charge on any atom is 0.416 e. The normalized spacial score (nSPS) is 11.5. The van der Waals surface area contributed by atoms with E-state index in [2.05, 4.69) is 0 Å². The molecule has 21 heavy (non-hydrogen) atoms. The highest BCUT2D eigenvalue weighted by atomic mass is 35.5. The zero-order valence-electron chi connectivity index (χ0n) is 10.5. The van der Waals surface area contributed by atoms with E-state index in [1.807, 2.05) is 0 Å². The van der Waals surface area contributed by atoms with Gasteiger partial charge in [0.2, 0.25) is 0 Å². The highest BCUT2D eigenvalue weighted by molar-refractivity contribution is 6.36. The zero-order chi connectivity index (χ0) is 15.6. The van der Waals surface area contributed by atoms with Crippen LogP contribution in [0.2, 0.25) is 10.0 Å². The SMILES string of the molecule is O=C(Cc1c(Cl)cccc1Cl)c1ccc(C(F)(F)F)cc1. The first-order valence-electron chi connectivity index (χ1n) is 5.92. The van der Waals surface area contributed by atoms with Crippen LogP contribution in [0.1, 0.15) is 21.5 Å². The molecule has 2 aromatic rings. The van der Waals surface area contributed by atoms with Gasteiger partial charge >= 0.3 is 6.18 Å². The lowest BCUT2D eigenvalue weighted by Gasteiger charge is -2.08. The summed E-state index contributed by atoms with van der Waals surface area (Å²) in [5.41, 5.74) is -0.153. The second-order valence-electron chi connectivity index (χ2n) is 4.38. The van der Waals surface area contributed by atoms with Crippen LogP contribution >= 0.6 is 23.2 Å². The minimum Gasteiger partial charge on any atom is -0.294 e. The number of alkyl halides is 3. The zero-order valence-corrected chi connectivity index (χ0v) is 12.1. The molecule has 2 aromatic carbocycles. The van der Waals surface area contributed by atoms with Crippen LogP contribution in [0.3, 0.4) is 0 Å². The summed E-state index contributed by atoms with van der Waals surface area (Å²) in [6, 6.07) is 8.90. The van der Waals surface area contributed by atoms with Gasteiger partial charge in [0.15, 0.2) is 5.78 Å². The highest BCUT2D eigenvalue weighted by Gasteiger charge is 2.30. The molecule has 0 heterocycles. The number of ketones is 1. The van der Waals surface area contributed by atoms with Crippen molar-refractivity contribution in [3.63, 3.8) is 0 Å². The first-order valence-corrected chi connectivity index (χ1v) is 6.68. The third-order valence-corrected chi connectivity index (χ3v) is 3.64. The third-order valence-electron chi connectivity index (χ3n) is 2.93. The van der Waals surface area contributed by atoms with E-state index in [1.54, 1.807) is 18.2 Å². The molecule has 0 saturated carbocycles. The summed E-state index contributed by atoms with van der Waals surface area (Å²) in [5, 5.41) is 0.700. The van der Waals surface area contributed by atoms with Gasteiger partial charge in [0.05, 0.1) is 5.56 Å². The molecule has 2 rings (SSSR count). The van der Waals surface area contributed by atoms with Gasteiger partial charge in [-0.2, -0.15) is 13.2 Å². The molecule has 0 spiro atoms. The fourth-order valence-corrected chi connectivity index (χ4v) is 2.34. The first-order chi connectivity index (χ1) is 9.79. The number of carbonyl (C=O) groups excluding carboxylic acids is 1. The van der Waals surface area contributed by atoms with Crippen molar-refractivity contribution in [1.29, 1.82) is 0 Å². The Morgan fingerprint density at radius 1 is 0.952 bits per heavy atom. The molecule has 110 valence electrons. The van der Waals surface area contributed by atoms with Crippen molar-refractivity contribution in [1.82, 2.24) is 0 Å². The lowest BCUT2D eigenvalue weighted by atomic mass is 10.0. The van der Waals surface area contributed by atoms with Crippen molar-refractivity contribution in [2.24, 2.45) is 0 Å². The summed E-state index contributed by atoms with van der Waals surface area (Å²) in [6.45, 7) is 0. The molecule has 0 unspecified atom stereocenters. The fraction of sp³-hybridized carbons (Fsp3) is 0.133. The number of hydrogen-bond acceptors (Lipinski definition) is 1. The van der Waals surface area contributed by atoms with E-state index in [4.69, 9.17) is 23.2 Å². The van der Waals surface area contributed by atoms with Gasteiger partial charge in [0.1, 0.15) is 0 Å². The standard InChI is InChI=1S/C15H9Cl2F3O/c16-12-2-1-3-13(17)11(12)8-14(21)9-4-6-10(7-5-9)15(18,19)20/h1-7H,8H2. The Balaban J connectivity index is 2.21. The van der Waals surface area contributed by atoms with Gasteiger partial charge in [-0.3, -0.25) is 4.79 Å². The molecular formula is C15H9Cl2F3O. The minimum absolute atomic E-state index is 0.0656. The van der Waals surface area contributed by atoms with Crippen molar-refractivity contribution >= 4 is 29.0 Å². The smallest absolute Gasteiger partial charge is 0.294 e. The van der Waals surface area contributed by atoms with E-state index < -0.39 is 11.7 Å². The van der Waals surface area contributed by atoms with E-state index >= 15 is 0 Å². The van der Waals surface area contributed by atoms with Crippen LogP contribution < -0.4 is 0 Å². The van der Waals surface area contributed by atoms with E-state index in [-0.39, 0.29) is 17.8 Å². The summed E-state index contributed by atoms with van der Waals surface area (Å²) < 4.78 is 37.4. The Labute approximate surface area is 129 Å². The highest BCUT2D eigenvalue weighted by Crippen LogP contribution is 2.30. The van der Waals surface area contributed by atoms with Gasteiger partial charge in [-0.15, -0.1) is 0 Å². The van der Waals surface area contributed by atoms with Gasteiger partial charge in [-0.1, -0.05) is 41.4 Å². The molecule has 0 amide bonds. The number of Topliss-reactive ketones (excluding diaryl/α,β-unsaturated/α-hetero) is 1. The van der Waals surface area contributed by atoms with Crippen LogP contribution in [-0.2, 0) is 12.6 Å². The van der Waals surface area contributed by atoms with E-state index in [9.17, 15) is 18.0 Å². The van der Waals surface area contributed by atoms with Crippen LogP contribution in [-0.4, -0.2) is 5.78 Å². The second-order valence-corrected chi connectivity index (χ2v) is 5.19. The lowest BCUT2D eigenvalue weighted by Crippen LogP contribution is -2.08. The Morgan fingerprint density at radius 2 is 1.48 bits per heavy atom. The van der Waals surface area contributed by atoms with Gasteiger partial charge in [0, 0.05) is 22.0 Å². The van der Waals surface area contributed by atoms with Crippen molar-refractivity contribution in [2.45, 2.75) is 12.6 Å². The van der Waals surface area contributed by atoms with Crippen molar-refractivity contribution < 1.29 is 18.0 Å². The van der Waals surface area contributed by atoms with Crippen molar-refractivity contribution in [3.8, 4) is 0 Å². The number of halogens is 5. The molecule has 6 heteroatoms. The quantitative estimate of drug-likeness (QED) is 0.684. The Morgan fingerprint density at radius 3 is 1.95 bits per heavy atom. The predicted octanol–water partition coefficient (Wildman–Crippen LogP) is 5.44. The molecule has 0 bridgehead atoms. The average Bonchev–Trinajstić information content (AvgIpc) is 2.42.